The largest absolute Gasteiger partial charge is 0.348 e. The molecule has 2 amide bonds. The number of carbonyl (C=O) groups excluding carboxylic acids is 2. The summed E-state index contributed by atoms with van der Waals surface area (Å²) in [7, 11) is 0. The molecule has 0 aliphatic carbocycles. The van der Waals surface area contributed by atoms with Gasteiger partial charge in [0.05, 0.1) is 6.20 Å². The SMILES string of the molecule is O=C(NC1CCN(C(=O)c2ccncc2)CC1)c1cnc(-c2ccccc2F)s1. The van der Waals surface area contributed by atoms with E-state index in [1.54, 1.807) is 47.6 Å². The fourth-order valence-corrected chi connectivity index (χ4v) is 4.15. The summed E-state index contributed by atoms with van der Waals surface area (Å²) < 4.78 is 13.9. The van der Waals surface area contributed by atoms with Crippen LogP contribution in [0.1, 0.15) is 32.9 Å². The molecule has 8 heteroatoms. The quantitative estimate of drug-likeness (QED) is 0.716. The highest BCUT2D eigenvalue weighted by Crippen LogP contribution is 2.27. The summed E-state index contributed by atoms with van der Waals surface area (Å²) in [6.07, 6.45) is 6.04. The molecule has 6 nitrogen and oxygen atoms in total. The Labute approximate surface area is 171 Å². The van der Waals surface area contributed by atoms with Gasteiger partial charge in [-0.25, -0.2) is 9.37 Å². The van der Waals surface area contributed by atoms with Crippen molar-refractivity contribution in [3.05, 3.63) is 71.2 Å². The van der Waals surface area contributed by atoms with E-state index in [2.05, 4.69) is 15.3 Å². The van der Waals surface area contributed by atoms with Crippen molar-refractivity contribution in [2.45, 2.75) is 18.9 Å². The highest BCUT2D eigenvalue weighted by molar-refractivity contribution is 7.16. The molecule has 0 spiro atoms. The van der Waals surface area contributed by atoms with E-state index in [-0.39, 0.29) is 23.7 Å². The van der Waals surface area contributed by atoms with Gasteiger partial charge in [0, 0.05) is 42.7 Å². The lowest BCUT2D eigenvalue weighted by molar-refractivity contribution is 0.0698. The normalized spacial score (nSPS) is 14.6. The first-order valence-corrected chi connectivity index (χ1v) is 10.1. The maximum Gasteiger partial charge on any atom is 0.263 e. The number of amides is 2. The number of nitrogens with zero attached hydrogens (tertiary/aromatic N) is 3. The molecule has 1 aromatic carbocycles. The molecule has 1 aliphatic rings. The van der Waals surface area contributed by atoms with Crippen LogP contribution in [-0.4, -0.2) is 45.8 Å². The van der Waals surface area contributed by atoms with Crippen molar-refractivity contribution in [2.75, 3.05) is 13.1 Å². The zero-order valence-corrected chi connectivity index (χ0v) is 16.4. The molecule has 29 heavy (non-hydrogen) atoms. The summed E-state index contributed by atoms with van der Waals surface area (Å²) in [4.78, 5) is 35.4. The van der Waals surface area contributed by atoms with Crippen LogP contribution in [0.25, 0.3) is 10.6 Å². The van der Waals surface area contributed by atoms with Crippen LogP contribution in [-0.2, 0) is 0 Å². The van der Waals surface area contributed by atoms with Crippen molar-refractivity contribution in [1.29, 1.82) is 0 Å². The average molecular weight is 410 g/mol. The number of pyridine rings is 1. The van der Waals surface area contributed by atoms with Crippen LogP contribution < -0.4 is 5.32 Å². The predicted octanol–water partition coefficient (Wildman–Crippen LogP) is 3.38. The third-order valence-electron chi connectivity index (χ3n) is 4.88. The van der Waals surface area contributed by atoms with E-state index in [0.29, 0.717) is 46.9 Å². The zero-order valence-electron chi connectivity index (χ0n) is 15.5. The first-order valence-electron chi connectivity index (χ1n) is 9.32. The minimum absolute atomic E-state index is 0.0111. The summed E-state index contributed by atoms with van der Waals surface area (Å²) in [5, 5.41) is 3.48. The Morgan fingerprint density at radius 1 is 1.10 bits per heavy atom. The molecule has 0 saturated carbocycles. The molecule has 1 aliphatic heterocycles. The van der Waals surface area contributed by atoms with Crippen LogP contribution in [0.3, 0.4) is 0 Å². The summed E-state index contributed by atoms with van der Waals surface area (Å²) in [5.41, 5.74) is 1.01. The van der Waals surface area contributed by atoms with Gasteiger partial charge in [-0.3, -0.25) is 14.6 Å². The van der Waals surface area contributed by atoms with Gasteiger partial charge in [-0.05, 0) is 37.1 Å². The summed E-state index contributed by atoms with van der Waals surface area (Å²) in [5.74, 6) is -0.599. The van der Waals surface area contributed by atoms with E-state index < -0.39 is 0 Å². The Morgan fingerprint density at radius 2 is 1.83 bits per heavy atom. The van der Waals surface area contributed by atoms with Crippen LogP contribution >= 0.6 is 11.3 Å². The molecular formula is C21H19FN4O2S. The molecule has 148 valence electrons. The molecule has 4 rings (SSSR count). The van der Waals surface area contributed by atoms with E-state index >= 15 is 0 Å². The van der Waals surface area contributed by atoms with Crippen LogP contribution in [0.15, 0.2) is 55.0 Å². The number of halogens is 1. The van der Waals surface area contributed by atoms with E-state index in [1.165, 1.54) is 23.6 Å². The monoisotopic (exact) mass is 410 g/mol. The van der Waals surface area contributed by atoms with Crippen LogP contribution in [0.5, 0.6) is 0 Å². The molecule has 0 radical (unpaired) electrons. The van der Waals surface area contributed by atoms with Gasteiger partial charge in [0.25, 0.3) is 11.8 Å². The fourth-order valence-electron chi connectivity index (χ4n) is 3.30. The minimum atomic E-state index is -0.361. The molecule has 1 fully saturated rings. The molecule has 3 heterocycles. The van der Waals surface area contributed by atoms with E-state index in [4.69, 9.17) is 0 Å². The third-order valence-corrected chi connectivity index (χ3v) is 5.91. The van der Waals surface area contributed by atoms with E-state index in [1.807, 2.05) is 0 Å². The van der Waals surface area contributed by atoms with Crippen molar-refractivity contribution >= 4 is 23.2 Å². The van der Waals surface area contributed by atoms with Crippen LogP contribution in [0.2, 0.25) is 0 Å². The molecule has 0 unspecified atom stereocenters. The van der Waals surface area contributed by atoms with E-state index in [9.17, 15) is 14.0 Å². The second kappa shape index (κ2) is 8.48. The second-order valence-corrected chi connectivity index (χ2v) is 7.82. The number of thiazole rings is 1. The van der Waals surface area contributed by atoms with Gasteiger partial charge in [0.2, 0.25) is 0 Å². The van der Waals surface area contributed by atoms with Gasteiger partial charge in [0.1, 0.15) is 15.7 Å². The first kappa shape index (κ1) is 19.2. The molecule has 0 atom stereocenters. The number of piperidine rings is 1. The Hall–Kier alpha value is -3.13. The topological polar surface area (TPSA) is 75.2 Å². The fraction of sp³-hybridized carbons (Fsp3) is 0.238. The lowest BCUT2D eigenvalue weighted by Crippen LogP contribution is -2.46. The molecule has 1 N–H and O–H groups in total. The number of hydrogen-bond donors (Lipinski definition) is 1. The lowest BCUT2D eigenvalue weighted by Gasteiger charge is -2.32. The summed E-state index contributed by atoms with van der Waals surface area (Å²) >= 11 is 1.17. The highest BCUT2D eigenvalue weighted by atomic mass is 32.1. The first-order chi connectivity index (χ1) is 14.1. The maximum atomic E-state index is 13.9. The second-order valence-electron chi connectivity index (χ2n) is 6.79. The van der Waals surface area contributed by atoms with Gasteiger partial charge in [-0.2, -0.15) is 0 Å². The van der Waals surface area contributed by atoms with Crippen molar-refractivity contribution in [2.24, 2.45) is 0 Å². The number of rotatable bonds is 4. The Morgan fingerprint density at radius 3 is 2.55 bits per heavy atom. The number of benzene rings is 1. The number of nitrogens with one attached hydrogen (secondary N) is 1. The highest BCUT2D eigenvalue weighted by Gasteiger charge is 2.25. The smallest absolute Gasteiger partial charge is 0.263 e. The van der Waals surface area contributed by atoms with Crippen molar-refractivity contribution in [1.82, 2.24) is 20.2 Å². The molecule has 3 aromatic rings. The Balaban J connectivity index is 1.34. The van der Waals surface area contributed by atoms with Gasteiger partial charge < -0.3 is 10.2 Å². The van der Waals surface area contributed by atoms with Crippen LogP contribution in [0, 0.1) is 5.82 Å². The van der Waals surface area contributed by atoms with Gasteiger partial charge in [-0.1, -0.05) is 12.1 Å². The Bertz CT molecular complexity index is 1020. The number of carbonyl (C=O) groups is 2. The lowest BCUT2D eigenvalue weighted by atomic mass is 10.0. The van der Waals surface area contributed by atoms with Gasteiger partial charge >= 0.3 is 0 Å². The van der Waals surface area contributed by atoms with Crippen LogP contribution in [0.4, 0.5) is 4.39 Å². The standard InChI is InChI=1S/C21H19FN4O2S/c22-17-4-2-1-3-16(17)20-24-13-18(29-20)19(27)25-15-7-11-26(12-8-15)21(28)14-5-9-23-10-6-14/h1-6,9-10,13,15H,7-8,11-12H2,(H,25,27). The van der Waals surface area contributed by atoms with Gasteiger partial charge in [-0.15, -0.1) is 11.3 Å². The zero-order chi connectivity index (χ0) is 20.2. The molecule has 0 bridgehead atoms. The minimum Gasteiger partial charge on any atom is -0.348 e. The predicted molar refractivity (Wildman–Crippen MR) is 108 cm³/mol. The maximum absolute atomic E-state index is 13.9. The summed E-state index contributed by atoms with van der Waals surface area (Å²) in [6, 6.07) is 9.76. The molecule has 1 saturated heterocycles. The third kappa shape index (κ3) is 4.32. The van der Waals surface area contributed by atoms with Crippen molar-refractivity contribution < 1.29 is 14.0 Å². The van der Waals surface area contributed by atoms with Gasteiger partial charge in [0.15, 0.2) is 0 Å². The Kier molecular flexibility index (Phi) is 5.62. The van der Waals surface area contributed by atoms with Crippen molar-refractivity contribution in [3.8, 4) is 10.6 Å². The molecular weight excluding hydrogens is 391 g/mol. The summed E-state index contributed by atoms with van der Waals surface area (Å²) in [6.45, 7) is 1.16. The van der Waals surface area contributed by atoms with E-state index in [0.717, 1.165) is 0 Å². The van der Waals surface area contributed by atoms with Crippen molar-refractivity contribution in [3.63, 3.8) is 0 Å². The number of hydrogen-bond acceptors (Lipinski definition) is 5. The average Bonchev–Trinajstić information content (AvgIpc) is 3.25. The number of likely N-dealkylation sites (tertiary alicyclic amines) is 1. The number of aromatic nitrogens is 2. The molecule has 2 aromatic heterocycles.